The number of aromatic nitrogens is 1. The summed E-state index contributed by atoms with van der Waals surface area (Å²) >= 11 is 6.04. The Bertz CT molecular complexity index is 659. The molecule has 0 saturated heterocycles. The van der Waals surface area contributed by atoms with Gasteiger partial charge < -0.3 is 10.1 Å². The first-order chi connectivity index (χ1) is 9.86. The second kappa shape index (κ2) is 5.97. The third kappa shape index (κ3) is 3.32. The number of alkyl halides is 3. The van der Waals surface area contributed by atoms with Crippen LogP contribution < -0.4 is 10.1 Å². The number of methoxy groups -OCH3 is 1. The Morgan fingerprint density at radius 2 is 2.00 bits per heavy atom. The number of nitrogens with one attached hydrogen (secondary N) is 1. The molecule has 1 aromatic heterocycles. The summed E-state index contributed by atoms with van der Waals surface area (Å²) in [5, 5.41) is 3.83. The van der Waals surface area contributed by atoms with Gasteiger partial charge in [0.25, 0.3) is 0 Å². The van der Waals surface area contributed by atoms with E-state index in [1.165, 1.54) is 13.2 Å². The van der Waals surface area contributed by atoms with Crippen LogP contribution in [0.15, 0.2) is 18.2 Å². The van der Waals surface area contributed by atoms with E-state index in [-0.39, 0.29) is 11.3 Å². The summed E-state index contributed by atoms with van der Waals surface area (Å²) in [5.74, 6) is 0.289. The summed E-state index contributed by atoms with van der Waals surface area (Å²) in [7, 11) is 1.40. The van der Waals surface area contributed by atoms with Crippen molar-refractivity contribution in [3.63, 3.8) is 0 Å². The van der Waals surface area contributed by atoms with E-state index in [4.69, 9.17) is 16.3 Å². The van der Waals surface area contributed by atoms with Crippen molar-refractivity contribution in [1.82, 2.24) is 4.98 Å². The number of rotatable bonds is 4. The summed E-state index contributed by atoms with van der Waals surface area (Å²) in [6, 6.07) is 3.96. The Balaban J connectivity index is 2.68. The molecule has 21 heavy (non-hydrogen) atoms. The van der Waals surface area contributed by atoms with Crippen LogP contribution in [0.4, 0.5) is 18.9 Å². The molecule has 3 nitrogen and oxygen atoms in total. The molecule has 0 radical (unpaired) electrons. The Morgan fingerprint density at radius 1 is 1.29 bits per heavy atom. The number of hydrogen-bond acceptors (Lipinski definition) is 3. The molecule has 1 aromatic carbocycles. The Kier molecular flexibility index (Phi) is 4.46. The first-order valence-corrected chi connectivity index (χ1v) is 6.74. The van der Waals surface area contributed by atoms with Gasteiger partial charge in [-0.05, 0) is 18.6 Å². The van der Waals surface area contributed by atoms with Gasteiger partial charge in [-0.2, -0.15) is 13.2 Å². The number of benzene rings is 1. The molecule has 0 fully saturated rings. The number of nitrogens with zero attached hydrogens (tertiary/aromatic N) is 1. The fourth-order valence-electron chi connectivity index (χ4n) is 1.93. The van der Waals surface area contributed by atoms with Crippen LogP contribution in [-0.2, 0) is 6.18 Å². The molecule has 114 valence electrons. The molecule has 0 unspecified atom stereocenters. The second-order valence-electron chi connectivity index (χ2n) is 4.48. The highest BCUT2D eigenvalue weighted by Crippen LogP contribution is 2.36. The largest absolute Gasteiger partial charge is 0.495 e. The highest BCUT2D eigenvalue weighted by Gasteiger charge is 2.33. The highest BCUT2D eigenvalue weighted by atomic mass is 35.5. The van der Waals surface area contributed by atoms with Crippen molar-refractivity contribution in [2.45, 2.75) is 19.5 Å². The van der Waals surface area contributed by atoms with Crippen molar-refractivity contribution in [2.75, 3.05) is 19.0 Å². The molecule has 2 aromatic rings. The van der Waals surface area contributed by atoms with E-state index in [2.05, 4.69) is 10.3 Å². The molecule has 1 heterocycles. The average Bonchev–Trinajstić information content (AvgIpc) is 2.43. The first-order valence-electron chi connectivity index (χ1n) is 6.36. The summed E-state index contributed by atoms with van der Waals surface area (Å²) in [6.45, 7) is 2.48. The number of hydrogen-bond donors (Lipinski definition) is 1. The van der Waals surface area contributed by atoms with Crippen molar-refractivity contribution in [2.24, 2.45) is 0 Å². The van der Waals surface area contributed by atoms with E-state index in [1.807, 2.05) is 6.92 Å². The maximum Gasteiger partial charge on any atom is 0.433 e. The van der Waals surface area contributed by atoms with Crippen LogP contribution in [0, 0.1) is 0 Å². The molecule has 0 atom stereocenters. The van der Waals surface area contributed by atoms with E-state index in [0.717, 1.165) is 12.5 Å². The topological polar surface area (TPSA) is 34.2 Å². The number of halogens is 4. The van der Waals surface area contributed by atoms with Gasteiger partial charge >= 0.3 is 6.18 Å². The Hall–Kier alpha value is -1.69. The number of anilines is 1. The van der Waals surface area contributed by atoms with Gasteiger partial charge in [0, 0.05) is 23.7 Å². The van der Waals surface area contributed by atoms with E-state index in [0.29, 0.717) is 22.6 Å². The molecule has 0 amide bonds. The van der Waals surface area contributed by atoms with Gasteiger partial charge in [0.2, 0.25) is 0 Å². The molecule has 0 aliphatic heterocycles. The minimum atomic E-state index is -4.51. The zero-order valence-electron chi connectivity index (χ0n) is 11.5. The standard InChI is InChI=1S/C14H14ClF3N2O/c1-3-4-19-10-7-13(14(16,17)18)20-11-6-12(21-2)9(15)5-8(10)11/h5-7H,3-4H2,1-2H3,(H,19,20). The maximum atomic E-state index is 12.9. The van der Waals surface area contributed by atoms with E-state index in [9.17, 15) is 13.2 Å². The summed E-state index contributed by atoms with van der Waals surface area (Å²) in [6.07, 6.45) is -3.72. The molecule has 7 heteroatoms. The van der Waals surface area contributed by atoms with Crippen molar-refractivity contribution in [3.05, 3.63) is 28.9 Å². The minimum absolute atomic E-state index is 0.185. The molecule has 1 N–H and O–H groups in total. The van der Waals surface area contributed by atoms with Crippen LogP contribution in [0.2, 0.25) is 5.02 Å². The SMILES string of the molecule is CCCNc1cc(C(F)(F)F)nc2cc(OC)c(Cl)cc12. The van der Waals surface area contributed by atoms with Crippen LogP contribution in [0.3, 0.4) is 0 Å². The molecule has 0 aliphatic rings. The lowest BCUT2D eigenvalue weighted by Gasteiger charge is -2.14. The summed E-state index contributed by atoms with van der Waals surface area (Å²) in [4.78, 5) is 3.66. The van der Waals surface area contributed by atoms with Crippen molar-refractivity contribution < 1.29 is 17.9 Å². The molecule has 0 saturated carbocycles. The van der Waals surface area contributed by atoms with Gasteiger partial charge in [-0.1, -0.05) is 18.5 Å². The molecule has 0 aliphatic carbocycles. The van der Waals surface area contributed by atoms with Gasteiger partial charge in [0.05, 0.1) is 17.6 Å². The van der Waals surface area contributed by atoms with Crippen LogP contribution in [0.25, 0.3) is 10.9 Å². The zero-order chi connectivity index (χ0) is 15.6. The van der Waals surface area contributed by atoms with E-state index >= 15 is 0 Å². The molecular formula is C14H14ClF3N2O. The van der Waals surface area contributed by atoms with Crippen LogP contribution in [0.1, 0.15) is 19.0 Å². The summed E-state index contributed by atoms with van der Waals surface area (Å²) < 4.78 is 43.8. The quantitative estimate of drug-likeness (QED) is 0.884. The molecular weight excluding hydrogens is 305 g/mol. The smallest absolute Gasteiger partial charge is 0.433 e. The predicted molar refractivity (Wildman–Crippen MR) is 77.1 cm³/mol. The van der Waals surface area contributed by atoms with Gasteiger partial charge in [-0.25, -0.2) is 4.98 Å². The predicted octanol–water partition coefficient (Wildman–Crippen LogP) is 4.74. The van der Waals surface area contributed by atoms with E-state index < -0.39 is 11.9 Å². The van der Waals surface area contributed by atoms with Crippen LogP contribution >= 0.6 is 11.6 Å². The number of fused-ring (bicyclic) bond motifs is 1. The zero-order valence-corrected chi connectivity index (χ0v) is 12.3. The second-order valence-corrected chi connectivity index (χ2v) is 4.89. The van der Waals surface area contributed by atoms with Gasteiger partial charge in [0.15, 0.2) is 0 Å². The minimum Gasteiger partial charge on any atom is -0.495 e. The molecule has 2 rings (SSSR count). The number of pyridine rings is 1. The Labute approximate surface area is 125 Å². The highest BCUT2D eigenvalue weighted by molar-refractivity contribution is 6.33. The normalized spacial score (nSPS) is 11.7. The van der Waals surface area contributed by atoms with Crippen molar-refractivity contribution in [3.8, 4) is 5.75 Å². The summed E-state index contributed by atoms with van der Waals surface area (Å²) in [5.41, 5.74) is -0.401. The Morgan fingerprint density at radius 3 is 2.57 bits per heavy atom. The van der Waals surface area contributed by atoms with E-state index in [1.54, 1.807) is 6.07 Å². The fourth-order valence-corrected chi connectivity index (χ4v) is 2.18. The monoisotopic (exact) mass is 318 g/mol. The average molecular weight is 319 g/mol. The van der Waals surface area contributed by atoms with Gasteiger partial charge in [0.1, 0.15) is 11.4 Å². The first kappa shape index (κ1) is 15.7. The van der Waals surface area contributed by atoms with Crippen molar-refractivity contribution >= 4 is 28.2 Å². The lowest BCUT2D eigenvalue weighted by Crippen LogP contribution is -2.10. The fraction of sp³-hybridized carbons (Fsp3) is 0.357. The van der Waals surface area contributed by atoms with Gasteiger partial charge in [-0.15, -0.1) is 0 Å². The van der Waals surface area contributed by atoms with Gasteiger partial charge in [-0.3, -0.25) is 0 Å². The number of ether oxygens (including phenoxy) is 1. The molecule has 0 bridgehead atoms. The van der Waals surface area contributed by atoms with Crippen LogP contribution in [0.5, 0.6) is 5.75 Å². The maximum absolute atomic E-state index is 12.9. The third-order valence-electron chi connectivity index (χ3n) is 2.94. The lowest BCUT2D eigenvalue weighted by atomic mass is 10.1. The third-order valence-corrected chi connectivity index (χ3v) is 3.23. The van der Waals surface area contributed by atoms with Crippen molar-refractivity contribution in [1.29, 1.82) is 0 Å². The molecule has 0 spiro atoms. The lowest BCUT2D eigenvalue weighted by molar-refractivity contribution is -0.140. The van der Waals surface area contributed by atoms with Crippen LogP contribution in [-0.4, -0.2) is 18.6 Å².